The number of amides is 1. The molecule has 18 heavy (non-hydrogen) atoms. The van der Waals surface area contributed by atoms with Crippen molar-refractivity contribution in [2.24, 2.45) is 0 Å². The van der Waals surface area contributed by atoms with E-state index in [2.05, 4.69) is 20.6 Å². The van der Waals surface area contributed by atoms with Gasteiger partial charge in [0.1, 0.15) is 5.69 Å². The summed E-state index contributed by atoms with van der Waals surface area (Å²) in [5.41, 5.74) is -1.02. The molecule has 1 aromatic rings. The van der Waals surface area contributed by atoms with E-state index in [9.17, 15) is 18.0 Å². The lowest BCUT2D eigenvalue weighted by Gasteiger charge is -2.08. The van der Waals surface area contributed by atoms with E-state index in [1.165, 1.54) is 0 Å². The number of halogens is 3. The van der Waals surface area contributed by atoms with E-state index in [-0.39, 0.29) is 24.8 Å². The molecule has 1 aromatic heterocycles. The Balaban J connectivity index is 2.51. The fourth-order valence-electron chi connectivity index (χ4n) is 1.18. The largest absolute Gasteiger partial charge is 0.433 e. The Kier molecular flexibility index (Phi) is 4.87. The molecule has 5 nitrogen and oxygen atoms in total. The number of alkyl halides is 3. The SMILES string of the molecule is CCNC(=O)CCNc1nccc(C(F)(F)F)n1. The van der Waals surface area contributed by atoms with Gasteiger partial charge in [0.25, 0.3) is 0 Å². The first kappa shape index (κ1) is 14.2. The summed E-state index contributed by atoms with van der Waals surface area (Å²) in [6.07, 6.45) is -3.34. The lowest BCUT2D eigenvalue weighted by atomic mass is 10.4. The van der Waals surface area contributed by atoms with Crippen molar-refractivity contribution < 1.29 is 18.0 Å². The highest BCUT2D eigenvalue weighted by atomic mass is 19.4. The quantitative estimate of drug-likeness (QED) is 0.842. The third kappa shape index (κ3) is 4.56. The Morgan fingerprint density at radius 3 is 2.78 bits per heavy atom. The summed E-state index contributed by atoms with van der Waals surface area (Å²) in [7, 11) is 0. The minimum Gasteiger partial charge on any atom is -0.356 e. The molecule has 0 bridgehead atoms. The zero-order valence-corrected chi connectivity index (χ0v) is 9.71. The second-order valence-electron chi connectivity index (χ2n) is 3.39. The van der Waals surface area contributed by atoms with E-state index >= 15 is 0 Å². The molecule has 2 N–H and O–H groups in total. The van der Waals surface area contributed by atoms with Crippen molar-refractivity contribution in [1.29, 1.82) is 0 Å². The van der Waals surface area contributed by atoms with Gasteiger partial charge in [-0.1, -0.05) is 0 Å². The third-order valence-electron chi connectivity index (χ3n) is 1.96. The number of nitrogens with one attached hydrogen (secondary N) is 2. The molecule has 100 valence electrons. The lowest BCUT2D eigenvalue weighted by Crippen LogP contribution is -2.25. The van der Waals surface area contributed by atoms with Crippen molar-refractivity contribution in [3.63, 3.8) is 0 Å². The molecule has 1 rings (SSSR count). The highest BCUT2D eigenvalue weighted by Crippen LogP contribution is 2.27. The van der Waals surface area contributed by atoms with E-state index in [4.69, 9.17) is 0 Å². The lowest BCUT2D eigenvalue weighted by molar-refractivity contribution is -0.141. The van der Waals surface area contributed by atoms with Crippen LogP contribution in [0, 0.1) is 0 Å². The van der Waals surface area contributed by atoms with Crippen molar-refractivity contribution in [1.82, 2.24) is 15.3 Å². The number of carbonyl (C=O) groups is 1. The van der Waals surface area contributed by atoms with Gasteiger partial charge < -0.3 is 10.6 Å². The Hall–Kier alpha value is -1.86. The van der Waals surface area contributed by atoms with Gasteiger partial charge in [0.2, 0.25) is 11.9 Å². The summed E-state index contributed by atoms with van der Waals surface area (Å²) in [4.78, 5) is 18.0. The van der Waals surface area contributed by atoms with Crippen LogP contribution in [0.5, 0.6) is 0 Å². The number of hydrogen-bond donors (Lipinski definition) is 2. The zero-order valence-electron chi connectivity index (χ0n) is 9.71. The fourth-order valence-corrected chi connectivity index (χ4v) is 1.18. The number of nitrogens with zero attached hydrogens (tertiary/aromatic N) is 2. The minimum atomic E-state index is -4.50. The van der Waals surface area contributed by atoms with Crippen LogP contribution in [0.2, 0.25) is 0 Å². The van der Waals surface area contributed by atoms with Crippen LogP contribution in [0.25, 0.3) is 0 Å². The normalized spacial score (nSPS) is 11.1. The van der Waals surface area contributed by atoms with Crippen molar-refractivity contribution >= 4 is 11.9 Å². The Morgan fingerprint density at radius 2 is 2.17 bits per heavy atom. The second kappa shape index (κ2) is 6.18. The minimum absolute atomic E-state index is 0.144. The fraction of sp³-hybridized carbons (Fsp3) is 0.500. The molecule has 0 radical (unpaired) electrons. The van der Waals surface area contributed by atoms with Gasteiger partial charge in [0.15, 0.2) is 0 Å². The molecular formula is C10H13F3N4O. The highest BCUT2D eigenvalue weighted by Gasteiger charge is 2.32. The van der Waals surface area contributed by atoms with Crippen molar-refractivity contribution in [3.8, 4) is 0 Å². The maximum atomic E-state index is 12.3. The summed E-state index contributed by atoms with van der Waals surface area (Å²) in [6.45, 7) is 2.47. The Morgan fingerprint density at radius 1 is 1.44 bits per heavy atom. The first-order valence-corrected chi connectivity index (χ1v) is 5.34. The number of rotatable bonds is 5. The predicted octanol–water partition coefficient (Wildman–Crippen LogP) is 1.43. The topological polar surface area (TPSA) is 66.9 Å². The van der Waals surface area contributed by atoms with E-state index in [1.54, 1.807) is 6.92 Å². The van der Waals surface area contributed by atoms with Gasteiger partial charge >= 0.3 is 6.18 Å². The summed E-state index contributed by atoms with van der Waals surface area (Å²) >= 11 is 0. The van der Waals surface area contributed by atoms with Gasteiger partial charge in [0.05, 0.1) is 0 Å². The summed E-state index contributed by atoms with van der Waals surface area (Å²) in [5.74, 6) is -0.328. The van der Waals surface area contributed by atoms with Crippen LogP contribution >= 0.6 is 0 Å². The monoisotopic (exact) mass is 262 g/mol. The standard InChI is InChI=1S/C10H13F3N4O/c1-2-14-8(18)4-6-16-9-15-5-3-7(17-9)10(11,12)13/h3,5H,2,4,6H2,1H3,(H,14,18)(H,15,16,17). The van der Waals surface area contributed by atoms with Gasteiger partial charge in [-0.2, -0.15) is 13.2 Å². The van der Waals surface area contributed by atoms with Crippen LogP contribution in [-0.4, -0.2) is 29.0 Å². The molecule has 0 aliphatic carbocycles. The zero-order chi connectivity index (χ0) is 13.6. The van der Waals surface area contributed by atoms with Gasteiger partial charge in [-0.3, -0.25) is 4.79 Å². The smallest absolute Gasteiger partial charge is 0.356 e. The molecule has 0 unspecified atom stereocenters. The molecule has 0 saturated heterocycles. The van der Waals surface area contributed by atoms with Crippen LogP contribution in [0.4, 0.5) is 19.1 Å². The Labute approximate surface area is 102 Å². The van der Waals surface area contributed by atoms with Gasteiger partial charge in [0, 0.05) is 25.7 Å². The molecule has 0 saturated carbocycles. The number of hydrogen-bond acceptors (Lipinski definition) is 4. The van der Waals surface area contributed by atoms with Crippen LogP contribution in [0.1, 0.15) is 19.0 Å². The van der Waals surface area contributed by atoms with Crippen molar-refractivity contribution in [2.45, 2.75) is 19.5 Å². The van der Waals surface area contributed by atoms with Crippen LogP contribution in [-0.2, 0) is 11.0 Å². The average Bonchev–Trinajstić information content (AvgIpc) is 2.29. The van der Waals surface area contributed by atoms with Crippen molar-refractivity contribution in [3.05, 3.63) is 18.0 Å². The van der Waals surface area contributed by atoms with E-state index < -0.39 is 11.9 Å². The second-order valence-corrected chi connectivity index (χ2v) is 3.39. The molecule has 0 fully saturated rings. The van der Waals surface area contributed by atoms with Crippen molar-refractivity contribution in [2.75, 3.05) is 18.4 Å². The Bertz CT molecular complexity index is 408. The van der Waals surface area contributed by atoms with Crippen LogP contribution in [0.3, 0.4) is 0 Å². The van der Waals surface area contributed by atoms with E-state index in [0.29, 0.717) is 6.54 Å². The number of carbonyl (C=O) groups excluding carboxylic acids is 1. The maximum Gasteiger partial charge on any atom is 0.433 e. The van der Waals surface area contributed by atoms with Gasteiger partial charge in [-0.05, 0) is 13.0 Å². The molecule has 0 spiro atoms. The predicted molar refractivity (Wildman–Crippen MR) is 58.8 cm³/mol. The molecule has 0 aliphatic heterocycles. The maximum absolute atomic E-state index is 12.3. The first-order valence-electron chi connectivity index (χ1n) is 5.34. The molecule has 1 heterocycles. The average molecular weight is 262 g/mol. The molecule has 0 aromatic carbocycles. The van der Waals surface area contributed by atoms with Gasteiger partial charge in [-0.15, -0.1) is 0 Å². The first-order chi connectivity index (χ1) is 8.43. The molecule has 0 aliphatic rings. The van der Waals surface area contributed by atoms with Crippen LogP contribution < -0.4 is 10.6 Å². The molecular weight excluding hydrogens is 249 g/mol. The highest BCUT2D eigenvalue weighted by molar-refractivity contribution is 5.76. The van der Waals surface area contributed by atoms with Gasteiger partial charge in [-0.25, -0.2) is 9.97 Å². The summed E-state index contributed by atoms with van der Waals surface area (Å²) in [6, 6.07) is 0.787. The van der Waals surface area contributed by atoms with E-state index in [0.717, 1.165) is 12.3 Å². The summed E-state index contributed by atoms with van der Waals surface area (Å²) < 4.78 is 37.0. The molecule has 0 atom stereocenters. The third-order valence-corrected chi connectivity index (χ3v) is 1.96. The molecule has 1 amide bonds. The van der Waals surface area contributed by atoms with E-state index in [1.807, 2.05) is 0 Å². The number of aromatic nitrogens is 2. The summed E-state index contributed by atoms with van der Waals surface area (Å²) in [5, 5.41) is 5.13. The number of anilines is 1. The molecule has 8 heteroatoms. The van der Waals surface area contributed by atoms with Crippen LogP contribution in [0.15, 0.2) is 12.3 Å².